The number of fused-ring (bicyclic) bond motifs is 2. The van der Waals surface area contributed by atoms with Gasteiger partial charge in [0.25, 0.3) is 0 Å². The summed E-state index contributed by atoms with van der Waals surface area (Å²) in [5.74, 6) is 0.906. The zero-order valence-corrected chi connectivity index (χ0v) is 12.4. The molecule has 1 aromatic carbocycles. The average Bonchev–Trinajstić information content (AvgIpc) is 2.85. The van der Waals surface area contributed by atoms with Crippen LogP contribution in [0.2, 0.25) is 0 Å². The van der Waals surface area contributed by atoms with Gasteiger partial charge in [0.1, 0.15) is 11.4 Å². The van der Waals surface area contributed by atoms with Crippen molar-refractivity contribution in [1.82, 2.24) is 0 Å². The number of aliphatic hydroxyl groups is 1. The molecule has 108 valence electrons. The number of hydrogen-bond donors (Lipinski definition) is 2. The van der Waals surface area contributed by atoms with Gasteiger partial charge in [-0.1, -0.05) is 12.1 Å². The van der Waals surface area contributed by atoms with Crippen molar-refractivity contribution in [3.63, 3.8) is 0 Å². The first-order chi connectivity index (χ1) is 9.43. The summed E-state index contributed by atoms with van der Waals surface area (Å²) in [5.41, 5.74) is 2.60. The van der Waals surface area contributed by atoms with Gasteiger partial charge in [0.05, 0.1) is 37.0 Å². The van der Waals surface area contributed by atoms with Gasteiger partial charge in [-0.3, -0.25) is 4.90 Å². The molecule has 2 N–H and O–H groups in total. The highest BCUT2D eigenvalue weighted by Crippen LogP contribution is 2.39. The number of quaternary nitrogens is 1. The maximum absolute atomic E-state index is 10.2. The molecule has 0 aliphatic carbocycles. The van der Waals surface area contributed by atoms with Crippen molar-refractivity contribution in [1.29, 1.82) is 0 Å². The van der Waals surface area contributed by atoms with Crippen molar-refractivity contribution in [3.8, 4) is 0 Å². The van der Waals surface area contributed by atoms with Gasteiger partial charge >= 0.3 is 0 Å². The quantitative estimate of drug-likeness (QED) is 0.850. The second-order valence-electron chi connectivity index (χ2n) is 6.15. The van der Waals surface area contributed by atoms with E-state index in [0.29, 0.717) is 6.42 Å². The van der Waals surface area contributed by atoms with Crippen LogP contribution in [-0.4, -0.2) is 37.2 Å². The smallest absolute Gasteiger partial charge is 0.223 e. The first-order valence-corrected chi connectivity index (χ1v) is 7.01. The molecule has 2 heterocycles. The first-order valence-electron chi connectivity index (χ1n) is 7.01. The molecular weight excluding hydrogens is 254 g/mol. The number of likely N-dealkylation sites (N-methyl/N-ethyl adjacent to an activating group) is 1. The number of hydrogen-bond acceptors (Lipinski definition) is 3. The van der Waals surface area contributed by atoms with Crippen molar-refractivity contribution in [2.45, 2.75) is 38.2 Å². The Morgan fingerprint density at radius 1 is 1.35 bits per heavy atom. The molecule has 1 saturated heterocycles. The van der Waals surface area contributed by atoms with E-state index < -0.39 is 5.60 Å². The van der Waals surface area contributed by atoms with Crippen LogP contribution < -0.4 is 4.90 Å². The standard InChI is InChI=1S/C16H21NO3/c1-16(2,18)13-9-11-14(19-4)10-7-5-6-8-12(10)17(3)15(11)20-13/h5-8,13,15,18H,9H2,1-4H3/p+1/t13-,15?/m0/s1. The monoisotopic (exact) mass is 276 g/mol. The Kier molecular flexibility index (Phi) is 3.12. The van der Waals surface area contributed by atoms with Crippen LogP contribution in [0.3, 0.4) is 0 Å². The number of para-hydroxylation sites is 1. The fourth-order valence-corrected chi connectivity index (χ4v) is 3.17. The summed E-state index contributed by atoms with van der Waals surface area (Å²) in [4.78, 5) is 1.20. The third-order valence-electron chi connectivity index (χ3n) is 4.30. The van der Waals surface area contributed by atoms with Gasteiger partial charge in [0, 0.05) is 6.42 Å². The summed E-state index contributed by atoms with van der Waals surface area (Å²) in [5, 5.41) is 10.2. The number of methoxy groups -OCH3 is 1. The molecule has 0 spiro atoms. The van der Waals surface area contributed by atoms with Gasteiger partial charge in [0.15, 0.2) is 0 Å². The largest absolute Gasteiger partial charge is 0.496 e. The van der Waals surface area contributed by atoms with E-state index in [1.807, 2.05) is 12.1 Å². The van der Waals surface area contributed by atoms with Gasteiger partial charge in [-0.05, 0) is 26.0 Å². The van der Waals surface area contributed by atoms with Crippen LogP contribution in [0, 0.1) is 0 Å². The summed E-state index contributed by atoms with van der Waals surface area (Å²) < 4.78 is 11.8. The molecule has 4 heteroatoms. The van der Waals surface area contributed by atoms with Crippen molar-refractivity contribution >= 4 is 11.4 Å². The molecular formula is C16H22NO3+. The van der Waals surface area contributed by atoms with Crippen molar-refractivity contribution in [2.75, 3.05) is 14.2 Å². The van der Waals surface area contributed by atoms with Gasteiger partial charge in [-0.15, -0.1) is 0 Å². The third kappa shape index (κ3) is 1.95. The molecule has 2 aliphatic heterocycles. The van der Waals surface area contributed by atoms with E-state index >= 15 is 0 Å². The highest BCUT2D eigenvalue weighted by molar-refractivity contribution is 5.73. The van der Waals surface area contributed by atoms with Gasteiger partial charge in [0.2, 0.25) is 6.23 Å². The van der Waals surface area contributed by atoms with Crippen molar-refractivity contribution in [2.24, 2.45) is 0 Å². The average molecular weight is 276 g/mol. The molecule has 20 heavy (non-hydrogen) atoms. The number of rotatable bonds is 2. The predicted octanol–water partition coefficient (Wildman–Crippen LogP) is 1.09. The highest BCUT2D eigenvalue weighted by atomic mass is 16.5. The summed E-state index contributed by atoms with van der Waals surface area (Å²) in [7, 11) is 3.80. The van der Waals surface area contributed by atoms with Crippen LogP contribution in [0.25, 0.3) is 5.76 Å². The van der Waals surface area contributed by atoms with Gasteiger partial charge < -0.3 is 14.6 Å². The first kappa shape index (κ1) is 13.6. The fraction of sp³-hybridized carbons (Fsp3) is 0.500. The van der Waals surface area contributed by atoms with Crippen LogP contribution in [-0.2, 0) is 9.47 Å². The van der Waals surface area contributed by atoms with Crippen LogP contribution >= 0.6 is 0 Å². The van der Waals surface area contributed by atoms with E-state index in [2.05, 4.69) is 19.2 Å². The number of ether oxygens (including phenoxy) is 2. The van der Waals surface area contributed by atoms with E-state index in [4.69, 9.17) is 9.47 Å². The summed E-state index contributed by atoms with van der Waals surface area (Å²) >= 11 is 0. The number of benzene rings is 1. The SMILES string of the molecule is COC1=C2C[C@@H](C(C)(C)O)OC2[NH+](C)c2ccccc21. The normalized spacial score (nSPS) is 29.1. The molecule has 0 bridgehead atoms. The molecule has 1 fully saturated rings. The summed E-state index contributed by atoms with van der Waals surface area (Å²) in [6.45, 7) is 3.59. The fourth-order valence-electron chi connectivity index (χ4n) is 3.17. The lowest BCUT2D eigenvalue weighted by Crippen LogP contribution is -3.09. The Balaban J connectivity index is 2.08. The Bertz CT molecular complexity index is 559. The molecule has 3 atom stereocenters. The zero-order chi connectivity index (χ0) is 14.5. The van der Waals surface area contributed by atoms with E-state index in [9.17, 15) is 5.11 Å². The number of nitrogens with one attached hydrogen (secondary N) is 1. The van der Waals surface area contributed by atoms with E-state index in [1.54, 1.807) is 21.0 Å². The Hall–Kier alpha value is -1.36. The second-order valence-corrected chi connectivity index (χ2v) is 6.15. The molecule has 4 nitrogen and oxygen atoms in total. The highest BCUT2D eigenvalue weighted by Gasteiger charge is 2.48. The minimum atomic E-state index is -0.852. The minimum Gasteiger partial charge on any atom is -0.496 e. The molecule has 2 aliphatic rings. The summed E-state index contributed by atoms with van der Waals surface area (Å²) in [6, 6.07) is 8.23. The topological polar surface area (TPSA) is 43.1 Å². The van der Waals surface area contributed by atoms with Crippen LogP contribution in [0.4, 0.5) is 5.69 Å². The van der Waals surface area contributed by atoms with E-state index in [0.717, 1.165) is 16.9 Å². The molecule has 3 rings (SSSR count). The Labute approximate surface area is 119 Å². The molecule has 2 unspecified atom stereocenters. The lowest BCUT2D eigenvalue weighted by atomic mass is 9.93. The molecule has 1 aromatic rings. The Morgan fingerprint density at radius 3 is 2.70 bits per heavy atom. The molecule has 0 aromatic heterocycles. The van der Waals surface area contributed by atoms with E-state index in [1.165, 1.54) is 10.6 Å². The third-order valence-corrected chi connectivity index (χ3v) is 4.30. The molecule has 0 saturated carbocycles. The van der Waals surface area contributed by atoms with Gasteiger partial charge in [-0.2, -0.15) is 0 Å². The molecule has 0 radical (unpaired) electrons. The van der Waals surface area contributed by atoms with E-state index in [-0.39, 0.29) is 12.3 Å². The maximum atomic E-state index is 10.2. The van der Waals surface area contributed by atoms with Crippen LogP contribution in [0.15, 0.2) is 29.8 Å². The van der Waals surface area contributed by atoms with Crippen LogP contribution in [0.5, 0.6) is 0 Å². The van der Waals surface area contributed by atoms with Crippen molar-refractivity contribution in [3.05, 3.63) is 35.4 Å². The minimum absolute atomic E-state index is 0.0729. The lowest BCUT2D eigenvalue weighted by molar-refractivity contribution is -0.860. The Morgan fingerprint density at radius 2 is 2.05 bits per heavy atom. The van der Waals surface area contributed by atoms with Crippen molar-refractivity contribution < 1.29 is 19.5 Å². The maximum Gasteiger partial charge on any atom is 0.223 e. The summed E-state index contributed by atoms with van der Waals surface area (Å²) in [6.07, 6.45) is 0.441. The zero-order valence-electron chi connectivity index (χ0n) is 12.4. The van der Waals surface area contributed by atoms with Crippen LogP contribution in [0.1, 0.15) is 25.8 Å². The molecule has 0 amide bonds. The lowest BCUT2D eigenvalue weighted by Gasteiger charge is -2.30. The predicted molar refractivity (Wildman–Crippen MR) is 76.5 cm³/mol. The second kappa shape index (κ2) is 4.58. The van der Waals surface area contributed by atoms with Gasteiger partial charge in [-0.25, -0.2) is 0 Å².